The van der Waals surface area contributed by atoms with Crippen LogP contribution in [0.15, 0.2) is 28.0 Å². The minimum Gasteiger partial charge on any atom is -0.360 e. The summed E-state index contributed by atoms with van der Waals surface area (Å²) in [5.74, 6) is 0.596. The quantitative estimate of drug-likeness (QED) is 0.532. The third kappa shape index (κ3) is 4.27. The molecule has 0 amide bonds. The monoisotopic (exact) mass is 462 g/mol. The van der Waals surface area contributed by atoms with Gasteiger partial charge in [-0.2, -0.15) is 4.98 Å². The van der Waals surface area contributed by atoms with Crippen molar-refractivity contribution in [3.05, 3.63) is 45.4 Å². The third-order valence-electron chi connectivity index (χ3n) is 5.57. The van der Waals surface area contributed by atoms with Crippen LogP contribution in [-0.2, 0) is 16.4 Å². The molecule has 1 atom stereocenters. The molecule has 0 radical (unpaired) electrons. The number of hydrogen-bond acceptors (Lipinski definition) is 8. The van der Waals surface area contributed by atoms with Crippen molar-refractivity contribution in [3.8, 4) is 0 Å². The van der Waals surface area contributed by atoms with Crippen LogP contribution in [0.4, 0.5) is 5.82 Å². The van der Waals surface area contributed by atoms with Crippen molar-refractivity contribution in [2.24, 2.45) is 5.92 Å². The highest BCUT2D eigenvalue weighted by atomic mass is 35.5. The number of aryl methyl sites for hydroxylation is 1. The molecule has 11 heteroatoms. The Bertz CT molecular complexity index is 1300. The first-order valence-corrected chi connectivity index (χ1v) is 12.1. The van der Waals surface area contributed by atoms with E-state index >= 15 is 0 Å². The zero-order valence-electron chi connectivity index (χ0n) is 17.5. The topological polar surface area (TPSA) is 120 Å². The maximum atomic E-state index is 13.3. The van der Waals surface area contributed by atoms with Gasteiger partial charge in [0.05, 0.1) is 28.6 Å². The molecular weight excluding hydrogens is 440 g/mol. The summed E-state index contributed by atoms with van der Waals surface area (Å²) in [4.78, 5) is 30.6. The van der Waals surface area contributed by atoms with Gasteiger partial charge in [0.15, 0.2) is 21.3 Å². The van der Waals surface area contributed by atoms with E-state index in [1.165, 1.54) is 12.3 Å². The molecule has 1 aliphatic carbocycles. The second-order valence-electron chi connectivity index (χ2n) is 7.71. The molecule has 4 rings (SSSR count). The number of sulfone groups is 1. The number of hydrogen-bond donors (Lipinski definition) is 1. The van der Waals surface area contributed by atoms with E-state index in [9.17, 15) is 13.2 Å². The van der Waals surface area contributed by atoms with E-state index in [0.717, 1.165) is 12.8 Å². The molecule has 3 heterocycles. The zero-order chi connectivity index (χ0) is 22.3. The molecule has 0 bridgehead atoms. The van der Waals surface area contributed by atoms with Crippen molar-refractivity contribution in [2.45, 2.75) is 51.1 Å². The lowest BCUT2D eigenvalue weighted by Gasteiger charge is -2.18. The van der Waals surface area contributed by atoms with Gasteiger partial charge in [-0.3, -0.25) is 14.3 Å². The predicted octanol–water partition coefficient (Wildman–Crippen LogP) is 2.92. The standard InChI is InChI=1S/C20H23ClN6O3S/c1-4-31(29,30)15-8-7-14(22-10-15)9-23-17-19(28)27(12(3)13-5-6-13)18-16(25-17)11(2)24-20(21)26-18/h7-8,10,12-13H,4-6,9H2,1-3H3,(H,23,25)/t12-/m0/s1. The number of fused-ring (bicyclic) bond motifs is 1. The van der Waals surface area contributed by atoms with Crippen molar-refractivity contribution in [2.75, 3.05) is 11.1 Å². The fraction of sp³-hybridized carbons (Fsp3) is 0.450. The molecule has 1 aliphatic rings. The highest BCUT2D eigenvalue weighted by Gasteiger charge is 2.32. The number of aromatic nitrogens is 5. The smallest absolute Gasteiger partial charge is 0.295 e. The van der Waals surface area contributed by atoms with Crippen LogP contribution in [0.25, 0.3) is 11.2 Å². The number of nitrogens with zero attached hydrogens (tertiary/aromatic N) is 5. The van der Waals surface area contributed by atoms with Gasteiger partial charge in [-0.15, -0.1) is 0 Å². The van der Waals surface area contributed by atoms with Crippen molar-refractivity contribution in [1.29, 1.82) is 0 Å². The fourth-order valence-electron chi connectivity index (χ4n) is 3.51. The minimum absolute atomic E-state index is 0.0114. The second kappa shape index (κ2) is 8.16. The fourth-order valence-corrected chi connectivity index (χ4v) is 4.54. The third-order valence-corrected chi connectivity index (χ3v) is 7.46. The lowest BCUT2D eigenvalue weighted by atomic mass is 10.2. The molecule has 0 spiro atoms. The Balaban J connectivity index is 1.69. The Kier molecular flexibility index (Phi) is 5.69. The highest BCUT2D eigenvalue weighted by molar-refractivity contribution is 7.91. The van der Waals surface area contributed by atoms with E-state index in [4.69, 9.17) is 11.6 Å². The molecule has 31 heavy (non-hydrogen) atoms. The molecule has 9 nitrogen and oxygen atoms in total. The van der Waals surface area contributed by atoms with Gasteiger partial charge in [0.1, 0.15) is 5.52 Å². The molecule has 0 saturated heterocycles. The SMILES string of the molecule is CCS(=O)(=O)c1ccc(CNc2nc3c(C)nc(Cl)nc3n([C@@H](C)C3CC3)c2=O)nc1. The molecule has 0 aromatic carbocycles. The van der Waals surface area contributed by atoms with Crippen LogP contribution >= 0.6 is 11.6 Å². The minimum atomic E-state index is -3.31. The van der Waals surface area contributed by atoms with Gasteiger partial charge in [-0.05, 0) is 56.3 Å². The first kappa shape index (κ1) is 21.6. The normalized spacial score (nSPS) is 15.2. The summed E-state index contributed by atoms with van der Waals surface area (Å²) in [6, 6.07) is 3.10. The molecule has 0 unspecified atom stereocenters. The van der Waals surface area contributed by atoms with Gasteiger partial charge < -0.3 is 5.32 Å². The van der Waals surface area contributed by atoms with Crippen molar-refractivity contribution < 1.29 is 8.42 Å². The van der Waals surface area contributed by atoms with Crippen molar-refractivity contribution in [1.82, 2.24) is 24.5 Å². The van der Waals surface area contributed by atoms with Gasteiger partial charge in [0.2, 0.25) is 5.28 Å². The lowest BCUT2D eigenvalue weighted by Crippen LogP contribution is -2.29. The maximum absolute atomic E-state index is 13.3. The Morgan fingerprint density at radius 1 is 1.26 bits per heavy atom. The van der Waals surface area contributed by atoms with E-state index in [2.05, 4.69) is 25.3 Å². The molecular formula is C20H23ClN6O3S. The van der Waals surface area contributed by atoms with Crippen molar-refractivity contribution in [3.63, 3.8) is 0 Å². The summed E-state index contributed by atoms with van der Waals surface area (Å²) in [5.41, 5.74) is 1.83. The Morgan fingerprint density at radius 3 is 2.61 bits per heavy atom. The number of anilines is 1. The Morgan fingerprint density at radius 2 is 2.00 bits per heavy atom. The van der Waals surface area contributed by atoms with Crippen LogP contribution in [-0.4, -0.2) is 38.7 Å². The summed E-state index contributed by atoms with van der Waals surface area (Å²) in [6.07, 6.45) is 3.46. The molecule has 0 aliphatic heterocycles. The molecule has 1 N–H and O–H groups in total. The van der Waals surface area contributed by atoms with Gasteiger partial charge in [0.25, 0.3) is 5.56 Å². The maximum Gasteiger partial charge on any atom is 0.295 e. The summed E-state index contributed by atoms with van der Waals surface area (Å²) in [6.45, 7) is 5.58. The average Bonchev–Trinajstić information content (AvgIpc) is 3.58. The molecule has 3 aromatic rings. The largest absolute Gasteiger partial charge is 0.360 e. The van der Waals surface area contributed by atoms with Gasteiger partial charge in [0, 0.05) is 12.2 Å². The van der Waals surface area contributed by atoms with Crippen LogP contribution in [0.2, 0.25) is 5.28 Å². The average molecular weight is 463 g/mol. The van der Waals surface area contributed by atoms with E-state index < -0.39 is 9.84 Å². The number of rotatable bonds is 7. The summed E-state index contributed by atoms with van der Waals surface area (Å²) >= 11 is 6.05. The zero-order valence-corrected chi connectivity index (χ0v) is 19.0. The Hall–Kier alpha value is -2.59. The van der Waals surface area contributed by atoms with E-state index in [0.29, 0.717) is 28.5 Å². The molecule has 1 fully saturated rings. The molecule has 1 saturated carbocycles. The molecule has 164 valence electrons. The van der Waals surface area contributed by atoms with Gasteiger partial charge in [-0.25, -0.2) is 18.4 Å². The number of pyridine rings is 1. The van der Waals surface area contributed by atoms with E-state index in [1.807, 2.05) is 6.92 Å². The van der Waals surface area contributed by atoms with Crippen LogP contribution in [0.1, 0.15) is 44.1 Å². The van der Waals surface area contributed by atoms with Crippen LogP contribution in [0, 0.1) is 12.8 Å². The van der Waals surface area contributed by atoms with Crippen LogP contribution in [0.3, 0.4) is 0 Å². The Labute approximate surface area is 184 Å². The first-order chi connectivity index (χ1) is 14.7. The number of halogens is 1. The lowest BCUT2D eigenvalue weighted by molar-refractivity contribution is 0.482. The van der Waals surface area contributed by atoms with Gasteiger partial charge in [-0.1, -0.05) is 6.92 Å². The highest BCUT2D eigenvalue weighted by Crippen LogP contribution is 2.39. The second-order valence-corrected chi connectivity index (χ2v) is 10.3. The van der Waals surface area contributed by atoms with E-state index in [-0.39, 0.29) is 39.9 Å². The van der Waals surface area contributed by atoms with Crippen LogP contribution < -0.4 is 10.9 Å². The van der Waals surface area contributed by atoms with Gasteiger partial charge >= 0.3 is 0 Å². The summed E-state index contributed by atoms with van der Waals surface area (Å²) in [5, 5.41) is 3.12. The van der Waals surface area contributed by atoms with Crippen molar-refractivity contribution >= 4 is 38.4 Å². The van der Waals surface area contributed by atoms with E-state index in [1.54, 1.807) is 24.5 Å². The number of nitrogens with one attached hydrogen (secondary N) is 1. The first-order valence-electron chi connectivity index (χ1n) is 10.1. The predicted molar refractivity (Wildman–Crippen MR) is 118 cm³/mol. The summed E-state index contributed by atoms with van der Waals surface area (Å²) < 4.78 is 25.5. The summed E-state index contributed by atoms with van der Waals surface area (Å²) in [7, 11) is -3.31. The van der Waals surface area contributed by atoms with Crippen LogP contribution in [0.5, 0.6) is 0 Å². The molecule has 3 aromatic heterocycles.